The first-order chi connectivity index (χ1) is 11.9. The maximum Gasteiger partial charge on any atom is 0.133 e. The van der Waals surface area contributed by atoms with Crippen molar-refractivity contribution in [2.24, 2.45) is 0 Å². The Labute approximate surface area is 150 Å². The quantitative estimate of drug-likeness (QED) is 0.853. The molecule has 25 heavy (non-hydrogen) atoms. The van der Waals surface area contributed by atoms with Gasteiger partial charge < -0.3 is 9.47 Å². The van der Waals surface area contributed by atoms with Crippen LogP contribution in [0.1, 0.15) is 43.4 Å². The number of methoxy groups -OCH3 is 2. The van der Waals surface area contributed by atoms with Gasteiger partial charge in [-0.3, -0.25) is 4.90 Å². The first kappa shape index (κ1) is 17.7. The molecule has 1 aromatic heterocycles. The van der Waals surface area contributed by atoms with Gasteiger partial charge in [0.15, 0.2) is 0 Å². The lowest BCUT2D eigenvalue weighted by Gasteiger charge is -2.29. The maximum absolute atomic E-state index is 5.50. The Morgan fingerprint density at radius 2 is 1.96 bits per heavy atom. The minimum atomic E-state index is -0.0138. The second kappa shape index (κ2) is 7.00. The van der Waals surface area contributed by atoms with Crippen molar-refractivity contribution in [3.63, 3.8) is 0 Å². The fraction of sp³-hybridized carbons (Fsp3) is 0.500. The summed E-state index contributed by atoms with van der Waals surface area (Å²) in [5, 5.41) is 0. The van der Waals surface area contributed by atoms with Crippen LogP contribution >= 0.6 is 0 Å². The van der Waals surface area contributed by atoms with Gasteiger partial charge in [-0.15, -0.1) is 0 Å². The average molecular weight is 341 g/mol. The highest BCUT2D eigenvalue weighted by Crippen LogP contribution is 2.28. The molecule has 1 aliphatic rings. The molecule has 0 radical (unpaired) electrons. The molecule has 0 N–H and O–H groups in total. The summed E-state index contributed by atoms with van der Waals surface area (Å²) >= 11 is 0. The molecular weight excluding hydrogens is 314 g/mol. The van der Waals surface area contributed by atoms with Crippen LogP contribution in [0.5, 0.6) is 11.5 Å². The molecule has 0 saturated heterocycles. The van der Waals surface area contributed by atoms with Crippen LogP contribution in [0.3, 0.4) is 0 Å². The second-order valence-corrected chi connectivity index (χ2v) is 7.55. The summed E-state index contributed by atoms with van der Waals surface area (Å²) in [7, 11) is 3.39. The van der Waals surface area contributed by atoms with Crippen LogP contribution < -0.4 is 9.47 Å². The van der Waals surface area contributed by atoms with E-state index < -0.39 is 0 Å². The zero-order chi connectivity index (χ0) is 18.0. The Hall–Kier alpha value is -2.14. The topological polar surface area (TPSA) is 47.5 Å². The monoisotopic (exact) mass is 341 g/mol. The van der Waals surface area contributed by atoms with Crippen molar-refractivity contribution in [1.29, 1.82) is 0 Å². The summed E-state index contributed by atoms with van der Waals surface area (Å²) < 4.78 is 10.9. The zero-order valence-electron chi connectivity index (χ0n) is 15.8. The molecule has 5 heteroatoms. The zero-order valence-corrected chi connectivity index (χ0v) is 15.8. The molecule has 0 atom stereocenters. The van der Waals surface area contributed by atoms with Crippen LogP contribution in [0, 0.1) is 0 Å². The number of benzene rings is 1. The van der Waals surface area contributed by atoms with Crippen molar-refractivity contribution in [1.82, 2.24) is 14.9 Å². The van der Waals surface area contributed by atoms with Gasteiger partial charge in [0.1, 0.15) is 17.3 Å². The van der Waals surface area contributed by atoms with E-state index in [0.29, 0.717) is 0 Å². The molecule has 134 valence electrons. The number of rotatable bonds is 4. The van der Waals surface area contributed by atoms with Crippen molar-refractivity contribution in [3.05, 3.63) is 47.0 Å². The van der Waals surface area contributed by atoms with Crippen LogP contribution in [-0.2, 0) is 24.9 Å². The lowest BCUT2D eigenvalue weighted by Crippen LogP contribution is -2.32. The Balaban J connectivity index is 1.78. The third-order valence-corrected chi connectivity index (χ3v) is 4.57. The third kappa shape index (κ3) is 3.93. The summed E-state index contributed by atoms with van der Waals surface area (Å²) in [6, 6.07) is 5.94. The predicted molar refractivity (Wildman–Crippen MR) is 98.1 cm³/mol. The first-order valence-corrected chi connectivity index (χ1v) is 8.69. The summed E-state index contributed by atoms with van der Waals surface area (Å²) in [6.45, 7) is 9.12. The maximum atomic E-state index is 5.50. The van der Waals surface area contributed by atoms with E-state index in [4.69, 9.17) is 14.5 Å². The fourth-order valence-electron chi connectivity index (χ4n) is 3.12. The molecule has 1 aromatic carbocycles. The summed E-state index contributed by atoms with van der Waals surface area (Å²) in [4.78, 5) is 11.8. The third-order valence-electron chi connectivity index (χ3n) is 4.57. The molecule has 0 saturated carbocycles. The number of fused-ring (bicyclic) bond motifs is 1. The standard InChI is InChI=1S/C20H27N3O2/c1-20(2,3)19-21-11-15-13-23(9-8-17(15)22-19)12-14-10-16(24-4)6-7-18(14)25-5/h6-7,10-11H,8-9,12-13H2,1-5H3. The van der Waals surface area contributed by atoms with Gasteiger partial charge in [-0.1, -0.05) is 20.8 Å². The second-order valence-electron chi connectivity index (χ2n) is 7.55. The molecular formula is C20H27N3O2. The molecule has 0 aliphatic carbocycles. The smallest absolute Gasteiger partial charge is 0.133 e. The normalized spacial score (nSPS) is 14.9. The van der Waals surface area contributed by atoms with Gasteiger partial charge in [-0.25, -0.2) is 9.97 Å². The number of ether oxygens (including phenoxy) is 2. The van der Waals surface area contributed by atoms with Crippen LogP contribution in [0.2, 0.25) is 0 Å². The number of hydrogen-bond acceptors (Lipinski definition) is 5. The van der Waals surface area contributed by atoms with Gasteiger partial charge in [-0.2, -0.15) is 0 Å². The minimum absolute atomic E-state index is 0.0138. The Kier molecular flexibility index (Phi) is 4.95. The van der Waals surface area contributed by atoms with Gasteiger partial charge in [0.2, 0.25) is 0 Å². The van der Waals surface area contributed by atoms with Gasteiger partial charge in [0.25, 0.3) is 0 Å². The molecule has 5 nitrogen and oxygen atoms in total. The fourth-order valence-corrected chi connectivity index (χ4v) is 3.12. The lowest BCUT2D eigenvalue weighted by molar-refractivity contribution is 0.238. The summed E-state index contributed by atoms with van der Waals surface area (Å²) in [5.74, 6) is 2.67. The minimum Gasteiger partial charge on any atom is -0.497 e. The predicted octanol–water partition coefficient (Wildman–Crippen LogP) is 3.35. The molecule has 1 aliphatic heterocycles. The van der Waals surface area contributed by atoms with Crippen molar-refractivity contribution >= 4 is 0 Å². The number of aromatic nitrogens is 2. The highest BCUT2D eigenvalue weighted by molar-refractivity contribution is 5.40. The van der Waals surface area contributed by atoms with Crippen LogP contribution in [0.25, 0.3) is 0 Å². The largest absolute Gasteiger partial charge is 0.497 e. The van der Waals surface area contributed by atoms with Gasteiger partial charge in [-0.05, 0) is 18.2 Å². The van der Waals surface area contributed by atoms with Crippen LogP contribution in [0.4, 0.5) is 0 Å². The van der Waals surface area contributed by atoms with E-state index in [1.165, 1.54) is 11.3 Å². The Morgan fingerprint density at radius 3 is 2.64 bits per heavy atom. The number of hydrogen-bond donors (Lipinski definition) is 0. The van der Waals surface area contributed by atoms with E-state index >= 15 is 0 Å². The Bertz CT molecular complexity index is 753. The molecule has 0 unspecified atom stereocenters. The van der Waals surface area contributed by atoms with Gasteiger partial charge in [0.05, 0.1) is 14.2 Å². The van der Waals surface area contributed by atoms with E-state index in [-0.39, 0.29) is 5.41 Å². The first-order valence-electron chi connectivity index (χ1n) is 8.69. The van der Waals surface area contributed by atoms with E-state index in [2.05, 4.69) is 30.7 Å². The summed E-state index contributed by atoms with van der Waals surface area (Å²) in [5.41, 5.74) is 3.53. The van der Waals surface area contributed by atoms with E-state index in [1.807, 2.05) is 24.4 Å². The SMILES string of the molecule is COc1ccc(OC)c(CN2CCc3nc(C(C)(C)C)ncc3C2)c1. The lowest BCUT2D eigenvalue weighted by atomic mass is 9.95. The van der Waals surface area contributed by atoms with E-state index in [9.17, 15) is 0 Å². The van der Waals surface area contributed by atoms with Crippen molar-refractivity contribution in [2.45, 2.75) is 45.7 Å². The van der Waals surface area contributed by atoms with E-state index in [0.717, 1.165) is 48.9 Å². The van der Waals surface area contributed by atoms with Crippen LogP contribution in [-0.4, -0.2) is 35.6 Å². The summed E-state index contributed by atoms with van der Waals surface area (Å²) in [6.07, 6.45) is 2.95. The molecule has 0 amide bonds. The highest BCUT2D eigenvalue weighted by atomic mass is 16.5. The van der Waals surface area contributed by atoms with Gasteiger partial charge in [0, 0.05) is 54.5 Å². The molecule has 0 bridgehead atoms. The van der Waals surface area contributed by atoms with E-state index in [1.54, 1.807) is 14.2 Å². The molecule has 0 spiro atoms. The molecule has 2 heterocycles. The highest BCUT2D eigenvalue weighted by Gasteiger charge is 2.23. The van der Waals surface area contributed by atoms with Crippen molar-refractivity contribution in [3.8, 4) is 11.5 Å². The van der Waals surface area contributed by atoms with Crippen molar-refractivity contribution in [2.75, 3.05) is 20.8 Å². The average Bonchev–Trinajstić information content (AvgIpc) is 2.60. The molecule has 0 fully saturated rings. The molecule has 2 aromatic rings. The Morgan fingerprint density at radius 1 is 1.16 bits per heavy atom. The van der Waals surface area contributed by atoms with Gasteiger partial charge >= 0.3 is 0 Å². The number of nitrogens with zero attached hydrogens (tertiary/aromatic N) is 3. The van der Waals surface area contributed by atoms with Crippen molar-refractivity contribution < 1.29 is 9.47 Å². The molecule has 3 rings (SSSR count). The van der Waals surface area contributed by atoms with Crippen LogP contribution in [0.15, 0.2) is 24.4 Å².